The van der Waals surface area contributed by atoms with Crippen molar-refractivity contribution in [1.82, 2.24) is 9.97 Å². The molecule has 1 N–H and O–H groups in total. The fraction of sp³-hybridized carbons (Fsp3) is 0.667. The molecule has 0 saturated carbocycles. The minimum Gasteiger partial charge on any atom is -0.381 e. The second-order valence-corrected chi connectivity index (χ2v) is 5.47. The summed E-state index contributed by atoms with van der Waals surface area (Å²) in [5.41, 5.74) is 2.53. The van der Waals surface area contributed by atoms with E-state index in [1.807, 2.05) is 18.8 Å². The normalized spacial score (nSPS) is 20.3. The Morgan fingerprint density at radius 2 is 2.06 bits per heavy atom. The number of hydrogen-bond donors (Lipinski definition) is 1. The number of rotatable bonds is 2. The van der Waals surface area contributed by atoms with Gasteiger partial charge in [-0.05, 0) is 12.8 Å². The van der Waals surface area contributed by atoms with Gasteiger partial charge in [-0.2, -0.15) is 11.8 Å². The molecule has 0 bridgehead atoms. The summed E-state index contributed by atoms with van der Waals surface area (Å²) < 4.78 is 5.40. The van der Waals surface area contributed by atoms with Crippen LogP contribution in [-0.4, -0.2) is 30.2 Å². The van der Waals surface area contributed by atoms with Gasteiger partial charge >= 0.3 is 0 Å². The Morgan fingerprint density at radius 1 is 1.24 bits per heavy atom. The van der Waals surface area contributed by atoms with Gasteiger partial charge in [-0.3, -0.25) is 0 Å². The number of nitrogens with one attached hydrogen (secondary N) is 1. The van der Waals surface area contributed by atoms with E-state index in [9.17, 15) is 0 Å². The Hall–Kier alpha value is -0.810. The van der Waals surface area contributed by atoms with Gasteiger partial charge in [0.15, 0.2) is 0 Å². The highest BCUT2D eigenvalue weighted by Crippen LogP contribution is 2.35. The molecule has 0 spiro atoms. The van der Waals surface area contributed by atoms with E-state index in [2.05, 4.69) is 5.32 Å². The van der Waals surface area contributed by atoms with Crippen LogP contribution in [0.25, 0.3) is 0 Å². The fourth-order valence-corrected chi connectivity index (χ4v) is 3.46. The predicted octanol–water partition coefficient (Wildman–Crippen LogP) is 2.16. The van der Waals surface area contributed by atoms with Crippen LogP contribution in [0.3, 0.4) is 0 Å². The molecule has 1 aromatic rings. The lowest BCUT2D eigenvalue weighted by Crippen LogP contribution is -2.18. The zero-order valence-corrected chi connectivity index (χ0v) is 10.8. The van der Waals surface area contributed by atoms with Crippen molar-refractivity contribution in [3.8, 4) is 0 Å². The quantitative estimate of drug-likeness (QED) is 0.872. The summed E-state index contributed by atoms with van der Waals surface area (Å²) in [5, 5.41) is 3.21. The monoisotopic (exact) mass is 251 g/mol. The highest BCUT2D eigenvalue weighted by atomic mass is 32.2. The van der Waals surface area contributed by atoms with Crippen LogP contribution in [0.15, 0.2) is 0 Å². The average molecular weight is 251 g/mol. The minimum atomic E-state index is 0.478. The van der Waals surface area contributed by atoms with Crippen LogP contribution >= 0.6 is 11.8 Å². The van der Waals surface area contributed by atoms with Gasteiger partial charge in [0, 0.05) is 43.2 Å². The number of nitrogens with zero attached hydrogens (tertiary/aromatic N) is 2. The van der Waals surface area contributed by atoms with Crippen LogP contribution in [0, 0.1) is 0 Å². The second kappa shape index (κ2) is 4.82. The SMILES string of the molecule is CNc1nc(C2CCOCC2)nc2c1CSC2. The van der Waals surface area contributed by atoms with Crippen LogP contribution in [0.5, 0.6) is 0 Å². The summed E-state index contributed by atoms with van der Waals surface area (Å²) in [6, 6.07) is 0. The first kappa shape index (κ1) is 11.3. The first-order valence-corrected chi connectivity index (χ1v) is 7.27. The molecule has 4 nitrogen and oxygen atoms in total. The number of ether oxygens (including phenoxy) is 1. The number of hydrogen-bond acceptors (Lipinski definition) is 5. The minimum absolute atomic E-state index is 0.478. The van der Waals surface area contributed by atoms with Crippen LogP contribution < -0.4 is 5.32 Å². The van der Waals surface area contributed by atoms with E-state index in [4.69, 9.17) is 14.7 Å². The molecular weight excluding hydrogens is 234 g/mol. The van der Waals surface area contributed by atoms with Crippen LogP contribution in [0.1, 0.15) is 35.8 Å². The third kappa shape index (κ3) is 2.13. The number of fused-ring (bicyclic) bond motifs is 1. The van der Waals surface area contributed by atoms with Crippen LogP contribution in [-0.2, 0) is 16.2 Å². The van der Waals surface area contributed by atoms with Crippen molar-refractivity contribution in [2.75, 3.05) is 25.6 Å². The molecule has 1 fully saturated rings. The third-order valence-corrected chi connectivity index (χ3v) is 4.39. The Kier molecular flexibility index (Phi) is 3.20. The maximum Gasteiger partial charge on any atom is 0.134 e. The van der Waals surface area contributed by atoms with E-state index in [-0.39, 0.29) is 0 Å². The molecule has 0 aromatic carbocycles. The Morgan fingerprint density at radius 3 is 2.82 bits per heavy atom. The lowest BCUT2D eigenvalue weighted by atomic mass is 9.99. The van der Waals surface area contributed by atoms with Gasteiger partial charge in [-0.15, -0.1) is 0 Å². The predicted molar refractivity (Wildman–Crippen MR) is 69.4 cm³/mol. The molecule has 0 aliphatic carbocycles. The second-order valence-electron chi connectivity index (χ2n) is 4.49. The summed E-state index contributed by atoms with van der Waals surface area (Å²) in [7, 11) is 1.94. The molecule has 0 unspecified atom stereocenters. The summed E-state index contributed by atoms with van der Waals surface area (Å²) >= 11 is 1.92. The summed E-state index contributed by atoms with van der Waals surface area (Å²) in [4.78, 5) is 9.45. The highest BCUT2D eigenvalue weighted by molar-refractivity contribution is 7.98. The van der Waals surface area contributed by atoms with Crippen molar-refractivity contribution in [2.45, 2.75) is 30.3 Å². The molecule has 17 heavy (non-hydrogen) atoms. The number of thioether (sulfide) groups is 1. The first-order valence-electron chi connectivity index (χ1n) is 6.11. The zero-order chi connectivity index (χ0) is 11.7. The van der Waals surface area contributed by atoms with Gasteiger partial charge in [0.05, 0.1) is 5.69 Å². The van der Waals surface area contributed by atoms with Crippen LogP contribution in [0.4, 0.5) is 5.82 Å². The van der Waals surface area contributed by atoms with Gasteiger partial charge in [0.25, 0.3) is 0 Å². The van der Waals surface area contributed by atoms with E-state index in [1.165, 1.54) is 11.3 Å². The lowest BCUT2D eigenvalue weighted by Gasteiger charge is -2.21. The third-order valence-electron chi connectivity index (χ3n) is 3.42. The molecule has 5 heteroatoms. The molecule has 2 aliphatic heterocycles. The summed E-state index contributed by atoms with van der Waals surface area (Å²) in [5.74, 6) is 4.59. The number of aromatic nitrogens is 2. The average Bonchev–Trinajstić information content (AvgIpc) is 2.86. The Balaban J connectivity index is 1.94. The van der Waals surface area contributed by atoms with Gasteiger partial charge in [-0.25, -0.2) is 9.97 Å². The van der Waals surface area contributed by atoms with Gasteiger partial charge in [-0.1, -0.05) is 0 Å². The molecule has 2 aliphatic rings. The molecule has 0 atom stereocenters. The Labute approximate surface area is 106 Å². The molecule has 1 saturated heterocycles. The van der Waals surface area contributed by atoms with Gasteiger partial charge in [0.2, 0.25) is 0 Å². The van der Waals surface area contributed by atoms with Gasteiger partial charge < -0.3 is 10.1 Å². The first-order chi connectivity index (χ1) is 8.38. The summed E-state index contributed by atoms with van der Waals surface area (Å²) in [6.07, 6.45) is 2.10. The number of anilines is 1. The van der Waals surface area contributed by atoms with E-state index < -0.39 is 0 Å². The maximum absolute atomic E-state index is 5.40. The molecule has 3 rings (SSSR count). The highest BCUT2D eigenvalue weighted by Gasteiger charge is 2.24. The topological polar surface area (TPSA) is 47.0 Å². The van der Waals surface area contributed by atoms with Crippen molar-refractivity contribution in [3.05, 3.63) is 17.1 Å². The molecule has 0 amide bonds. The molecule has 3 heterocycles. The molecule has 1 aromatic heterocycles. The van der Waals surface area contributed by atoms with E-state index >= 15 is 0 Å². The van der Waals surface area contributed by atoms with Crippen molar-refractivity contribution >= 4 is 17.6 Å². The van der Waals surface area contributed by atoms with Gasteiger partial charge in [0.1, 0.15) is 11.6 Å². The molecule has 0 radical (unpaired) electrons. The standard InChI is InChI=1S/C12H17N3OS/c1-13-12-9-6-17-7-10(9)14-11(15-12)8-2-4-16-5-3-8/h8H,2-7H2,1H3,(H,13,14,15). The smallest absolute Gasteiger partial charge is 0.134 e. The Bertz CT molecular complexity index is 418. The van der Waals surface area contributed by atoms with Crippen molar-refractivity contribution in [2.24, 2.45) is 0 Å². The fourth-order valence-electron chi connectivity index (χ4n) is 2.42. The van der Waals surface area contributed by atoms with Crippen LogP contribution in [0.2, 0.25) is 0 Å². The van der Waals surface area contributed by atoms with E-state index in [0.717, 1.165) is 49.2 Å². The van der Waals surface area contributed by atoms with Crippen molar-refractivity contribution in [1.29, 1.82) is 0 Å². The largest absolute Gasteiger partial charge is 0.381 e. The zero-order valence-electron chi connectivity index (χ0n) is 10.0. The maximum atomic E-state index is 5.40. The van der Waals surface area contributed by atoms with E-state index in [1.54, 1.807) is 0 Å². The van der Waals surface area contributed by atoms with Crippen molar-refractivity contribution < 1.29 is 4.74 Å². The molecule has 92 valence electrons. The lowest BCUT2D eigenvalue weighted by molar-refractivity contribution is 0.0835. The molecular formula is C12H17N3OS. The summed E-state index contributed by atoms with van der Waals surface area (Å²) in [6.45, 7) is 1.68. The van der Waals surface area contributed by atoms with E-state index in [0.29, 0.717) is 5.92 Å². The van der Waals surface area contributed by atoms with Crippen molar-refractivity contribution in [3.63, 3.8) is 0 Å².